The topological polar surface area (TPSA) is 34.1 Å². The summed E-state index contributed by atoms with van der Waals surface area (Å²) in [6.45, 7) is 5.63. The first-order valence-electron chi connectivity index (χ1n) is 5.97. The first kappa shape index (κ1) is 13.1. The van der Waals surface area contributed by atoms with Gasteiger partial charge in [0.05, 0.1) is 6.20 Å². The summed E-state index contributed by atoms with van der Waals surface area (Å²) in [5, 5.41) is 3.16. The molecular weight excluding hydrogens is 244 g/mol. The number of hydrogen-bond donors (Lipinski definition) is 1. The molecule has 18 heavy (non-hydrogen) atoms. The molecule has 0 saturated carbocycles. The van der Waals surface area contributed by atoms with Crippen molar-refractivity contribution in [2.45, 2.75) is 27.0 Å². The summed E-state index contributed by atoms with van der Waals surface area (Å²) in [5.41, 5.74) is 2.26. The number of ether oxygens (including phenoxy) is 1. The van der Waals surface area contributed by atoms with E-state index in [0.717, 1.165) is 18.0 Å². The van der Waals surface area contributed by atoms with Crippen LogP contribution in [0.3, 0.4) is 0 Å². The van der Waals surface area contributed by atoms with E-state index in [0.29, 0.717) is 6.61 Å². The van der Waals surface area contributed by atoms with Crippen LogP contribution in [0.15, 0.2) is 24.4 Å². The third-order valence-corrected chi connectivity index (χ3v) is 3.79. The molecule has 0 aromatic carbocycles. The van der Waals surface area contributed by atoms with E-state index in [1.165, 1.54) is 15.3 Å². The predicted molar refractivity (Wildman–Crippen MR) is 75.1 cm³/mol. The van der Waals surface area contributed by atoms with E-state index in [4.69, 9.17) is 4.74 Å². The standard InChI is InChI=1S/C14H18N2OS/c1-10-4-5-13(7-16-10)17-9-12-6-14(8-15-3)18-11(12)2/h4-7,15H,8-9H2,1-3H3. The van der Waals surface area contributed by atoms with Crippen LogP contribution in [-0.4, -0.2) is 12.0 Å². The number of pyridine rings is 1. The Bertz CT molecular complexity index is 505. The van der Waals surface area contributed by atoms with Gasteiger partial charge in [-0.2, -0.15) is 0 Å². The highest BCUT2D eigenvalue weighted by molar-refractivity contribution is 7.12. The second kappa shape index (κ2) is 5.98. The molecule has 0 aliphatic carbocycles. The normalized spacial score (nSPS) is 10.6. The van der Waals surface area contributed by atoms with Crippen molar-refractivity contribution < 1.29 is 4.74 Å². The molecule has 0 unspecified atom stereocenters. The molecule has 2 aromatic heterocycles. The van der Waals surface area contributed by atoms with Gasteiger partial charge in [0.1, 0.15) is 12.4 Å². The molecule has 2 aromatic rings. The largest absolute Gasteiger partial charge is 0.487 e. The van der Waals surface area contributed by atoms with Crippen LogP contribution < -0.4 is 10.1 Å². The van der Waals surface area contributed by atoms with Crippen LogP contribution in [0, 0.1) is 13.8 Å². The zero-order valence-electron chi connectivity index (χ0n) is 11.0. The number of aryl methyl sites for hydroxylation is 2. The zero-order valence-corrected chi connectivity index (χ0v) is 11.8. The molecule has 0 atom stereocenters. The molecule has 0 bridgehead atoms. The van der Waals surface area contributed by atoms with Crippen molar-refractivity contribution in [2.24, 2.45) is 0 Å². The van der Waals surface area contributed by atoms with Gasteiger partial charge in [-0.15, -0.1) is 11.3 Å². The highest BCUT2D eigenvalue weighted by atomic mass is 32.1. The minimum atomic E-state index is 0.608. The summed E-state index contributed by atoms with van der Waals surface area (Å²) in [7, 11) is 1.96. The lowest BCUT2D eigenvalue weighted by atomic mass is 10.2. The number of rotatable bonds is 5. The molecule has 2 rings (SSSR count). The third kappa shape index (κ3) is 3.31. The van der Waals surface area contributed by atoms with Crippen molar-refractivity contribution >= 4 is 11.3 Å². The van der Waals surface area contributed by atoms with E-state index in [-0.39, 0.29) is 0 Å². The van der Waals surface area contributed by atoms with E-state index in [1.54, 1.807) is 6.20 Å². The van der Waals surface area contributed by atoms with Crippen LogP contribution in [-0.2, 0) is 13.2 Å². The van der Waals surface area contributed by atoms with Crippen molar-refractivity contribution in [3.05, 3.63) is 45.4 Å². The van der Waals surface area contributed by atoms with E-state index >= 15 is 0 Å². The molecule has 96 valence electrons. The average molecular weight is 262 g/mol. The van der Waals surface area contributed by atoms with Crippen LogP contribution in [0.4, 0.5) is 0 Å². The fraction of sp³-hybridized carbons (Fsp3) is 0.357. The van der Waals surface area contributed by atoms with Crippen LogP contribution in [0.1, 0.15) is 21.0 Å². The van der Waals surface area contributed by atoms with Gasteiger partial charge in [-0.3, -0.25) is 4.98 Å². The van der Waals surface area contributed by atoms with Gasteiger partial charge in [0, 0.05) is 27.6 Å². The molecule has 4 heteroatoms. The Morgan fingerprint density at radius 3 is 2.83 bits per heavy atom. The Morgan fingerprint density at radius 1 is 1.33 bits per heavy atom. The Morgan fingerprint density at radius 2 is 2.17 bits per heavy atom. The smallest absolute Gasteiger partial charge is 0.138 e. The highest BCUT2D eigenvalue weighted by Crippen LogP contribution is 2.23. The molecule has 0 amide bonds. The van der Waals surface area contributed by atoms with Crippen LogP contribution in [0.2, 0.25) is 0 Å². The predicted octanol–water partition coefficient (Wildman–Crippen LogP) is 3.06. The van der Waals surface area contributed by atoms with Crippen molar-refractivity contribution in [3.63, 3.8) is 0 Å². The van der Waals surface area contributed by atoms with Gasteiger partial charge >= 0.3 is 0 Å². The fourth-order valence-corrected chi connectivity index (χ4v) is 2.75. The third-order valence-electron chi connectivity index (χ3n) is 2.70. The molecular formula is C14H18N2OS. The van der Waals surface area contributed by atoms with Gasteiger partial charge in [0.25, 0.3) is 0 Å². The Labute approximate surface area is 112 Å². The molecule has 0 aliphatic rings. The summed E-state index contributed by atoms with van der Waals surface area (Å²) in [6, 6.07) is 6.12. The first-order chi connectivity index (χ1) is 8.69. The van der Waals surface area contributed by atoms with E-state index < -0.39 is 0 Å². The van der Waals surface area contributed by atoms with Crippen LogP contribution in [0.5, 0.6) is 5.75 Å². The van der Waals surface area contributed by atoms with Crippen LogP contribution in [0.25, 0.3) is 0 Å². The number of thiophene rings is 1. The lowest BCUT2D eigenvalue weighted by molar-refractivity contribution is 0.304. The lowest BCUT2D eigenvalue weighted by Crippen LogP contribution is -2.02. The maximum absolute atomic E-state index is 5.74. The molecule has 0 fully saturated rings. The van der Waals surface area contributed by atoms with Crippen LogP contribution >= 0.6 is 11.3 Å². The number of nitrogens with one attached hydrogen (secondary N) is 1. The summed E-state index contributed by atoms with van der Waals surface area (Å²) in [4.78, 5) is 6.88. The van der Waals surface area contributed by atoms with Crippen molar-refractivity contribution in [2.75, 3.05) is 7.05 Å². The average Bonchev–Trinajstić information content (AvgIpc) is 2.70. The molecule has 2 heterocycles. The van der Waals surface area contributed by atoms with Gasteiger partial charge in [0.15, 0.2) is 0 Å². The number of aromatic nitrogens is 1. The summed E-state index contributed by atoms with van der Waals surface area (Å²) >= 11 is 1.82. The molecule has 0 radical (unpaired) electrons. The Kier molecular flexibility index (Phi) is 4.33. The maximum atomic E-state index is 5.74. The summed E-state index contributed by atoms with van der Waals surface area (Å²) < 4.78 is 5.74. The van der Waals surface area contributed by atoms with Gasteiger partial charge in [0.2, 0.25) is 0 Å². The molecule has 0 spiro atoms. The monoisotopic (exact) mass is 262 g/mol. The number of nitrogens with zero attached hydrogens (tertiary/aromatic N) is 1. The lowest BCUT2D eigenvalue weighted by Gasteiger charge is -2.05. The van der Waals surface area contributed by atoms with Crippen molar-refractivity contribution in [1.29, 1.82) is 0 Å². The minimum Gasteiger partial charge on any atom is -0.487 e. The van der Waals surface area contributed by atoms with E-state index in [2.05, 4.69) is 23.3 Å². The van der Waals surface area contributed by atoms with Crippen molar-refractivity contribution in [1.82, 2.24) is 10.3 Å². The minimum absolute atomic E-state index is 0.608. The van der Waals surface area contributed by atoms with Gasteiger partial charge < -0.3 is 10.1 Å². The molecule has 0 aliphatic heterocycles. The van der Waals surface area contributed by atoms with E-state index in [1.807, 2.05) is 37.4 Å². The van der Waals surface area contributed by atoms with Crippen molar-refractivity contribution in [3.8, 4) is 5.75 Å². The summed E-state index contributed by atoms with van der Waals surface area (Å²) in [5.74, 6) is 0.821. The van der Waals surface area contributed by atoms with Gasteiger partial charge in [-0.1, -0.05) is 0 Å². The molecule has 3 nitrogen and oxygen atoms in total. The van der Waals surface area contributed by atoms with E-state index in [9.17, 15) is 0 Å². The second-order valence-electron chi connectivity index (χ2n) is 4.25. The van der Waals surface area contributed by atoms with Gasteiger partial charge in [-0.25, -0.2) is 0 Å². The summed E-state index contributed by atoms with van der Waals surface area (Å²) in [6.07, 6.45) is 1.77. The highest BCUT2D eigenvalue weighted by Gasteiger charge is 2.06. The second-order valence-corrected chi connectivity index (χ2v) is 5.59. The Hall–Kier alpha value is -1.39. The molecule has 0 saturated heterocycles. The SMILES string of the molecule is CNCc1cc(COc2ccc(C)nc2)c(C)s1. The fourth-order valence-electron chi connectivity index (χ4n) is 1.69. The quantitative estimate of drug-likeness (QED) is 0.899. The number of hydrogen-bond acceptors (Lipinski definition) is 4. The Balaban J connectivity index is 1.99. The zero-order chi connectivity index (χ0) is 13.0. The van der Waals surface area contributed by atoms with Gasteiger partial charge in [-0.05, 0) is 39.1 Å². The maximum Gasteiger partial charge on any atom is 0.138 e. The molecule has 1 N–H and O–H groups in total. The first-order valence-corrected chi connectivity index (χ1v) is 6.79.